The standard InChI is InChI=1S/C45H43F2N9O4S/c1-2-34-37(46)16-11-28-5-3-6-35(38(28)34)40-39(47)41-36(20-48-40)43(54-21-30-12-13-31(22-54)50-30)52-44(51-41)60-25-45-17-4-18-55(45)23-32(19-45)59-24-27-7-14-33(15-8-27)61(57,58)56-26-49-42(53-56)29-9-10-29/h1,3,5-8,11,14-16,20,26,29-32,50H,4,9-10,12-13,17-19,21-25H2/t30-,31+,32-,45-/m0/s1. The predicted molar refractivity (Wildman–Crippen MR) is 224 cm³/mol. The number of anilines is 1. The Hall–Kier alpha value is -5.60. The molecule has 16 heteroatoms. The van der Waals surface area contributed by atoms with E-state index in [4.69, 9.17) is 25.9 Å². The lowest BCUT2D eigenvalue weighted by Crippen LogP contribution is -2.51. The summed E-state index contributed by atoms with van der Waals surface area (Å²) in [4.78, 5) is 23.2. The second-order valence-electron chi connectivity index (χ2n) is 17.1. The molecule has 0 unspecified atom stereocenters. The summed E-state index contributed by atoms with van der Waals surface area (Å²) in [6, 6.07) is 15.6. The first-order valence-electron chi connectivity index (χ1n) is 21.0. The molecule has 61 heavy (non-hydrogen) atoms. The Morgan fingerprint density at radius 1 is 0.967 bits per heavy atom. The quantitative estimate of drug-likeness (QED) is 0.154. The number of benzene rings is 3. The number of terminal acetylenes is 1. The summed E-state index contributed by atoms with van der Waals surface area (Å²) in [6.07, 6.45) is 15.3. The number of halogens is 2. The van der Waals surface area contributed by atoms with Crippen molar-refractivity contribution in [2.75, 3.05) is 37.7 Å². The molecule has 13 nitrogen and oxygen atoms in total. The zero-order valence-corrected chi connectivity index (χ0v) is 34.1. The van der Waals surface area contributed by atoms with Crippen molar-refractivity contribution in [1.82, 2.24) is 39.3 Å². The van der Waals surface area contributed by atoms with Crippen LogP contribution in [0, 0.1) is 24.0 Å². The minimum atomic E-state index is -3.85. The van der Waals surface area contributed by atoms with E-state index in [2.05, 4.69) is 36.1 Å². The number of hydrogen-bond acceptors (Lipinski definition) is 12. The van der Waals surface area contributed by atoms with Crippen molar-refractivity contribution in [2.24, 2.45) is 0 Å². The van der Waals surface area contributed by atoms with Gasteiger partial charge < -0.3 is 19.7 Å². The molecule has 7 heterocycles. The fraction of sp³-hybridized carbons (Fsp3) is 0.400. The topological polar surface area (TPSA) is 140 Å². The number of pyridine rings is 1. The molecular formula is C45H43F2N9O4S. The zero-order valence-electron chi connectivity index (χ0n) is 33.3. The molecule has 1 aliphatic carbocycles. The number of fused-ring (bicyclic) bond motifs is 5. The Labute approximate surface area is 351 Å². The van der Waals surface area contributed by atoms with Gasteiger partial charge in [-0.25, -0.2) is 13.8 Å². The Bertz CT molecular complexity index is 2850. The number of hydrogen-bond donors (Lipinski definition) is 1. The first-order valence-corrected chi connectivity index (χ1v) is 22.4. The van der Waals surface area contributed by atoms with Gasteiger partial charge in [0.2, 0.25) is 0 Å². The Morgan fingerprint density at radius 3 is 2.57 bits per heavy atom. The highest BCUT2D eigenvalue weighted by Gasteiger charge is 2.49. The molecule has 2 bridgehead atoms. The maximum Gasteiger partial charge on any atom is 0.319 e. The number of aromatic nitrogens is 6. The molecule has 1 N–H and O–H groups in total. The number of rotatable bonds is 11. The van der Waals surface area contributed by atoms with E-state index >= 15 is 4.39 Å². The van der Waals surface area contributed by atoms with Crippen LogP contribution in [0.1, 0.15) is 67.8 Å². The molecule has 4 saturated heterocycles. The maximum atomic E-state index is 17.1. The van der Waals surface area contributed by atoms with Crippen LogP contribution in [0.15, 0.2) is 72.0 Å². The third kappa shape index (κ3) is 6.78. The van der Waals surface area contributed by atoms with Crippen molar-refractivity contribution in [2.45, 2.75) is 86.1 Å². The van der Waals surface area contributed by atoms with Gasteiger partial charge in [0.15, 0.2) is 11.6 Å². The van der Waals surface area contributed by atoms with Crippen LogP contribution < -0.4 is 15.0 Å². The summed E-state index contributed by atoms with van der Waals surface area (Å²) in [7, 11) is -3.85. The van der Waals surface area contributed by atoms with Gasteiger partial charge >= 0.3 is 6.01 Å². The van der Waals surface area contributed by atoms with Gasteiger partial charge in [-0.1, -0.05) is 42.3 Å². The second-order valence-corrected chi connectivity index (χ2v) is 18.9. The van der Waals surface area contributed by atoms with E-state index in [-0.39, 0.29) is 51.8 Å². The molecule has 4 atom stereocenters. The lowest BCUT2D eigenvalue weighted by Gasteiger charge is -2.34. The normalized spacial score (nSPS) is 23.8. The molecule has 0 radical (unpaired) electrons. The minimum absolute atomic E-state index is 0.0152. The molecule has 312 valence electrons. The van der Waals surface area contributed by atoms with E-state index in [1.54, 1.807) is 48.7 Å². The smallest absolute Gasteiger partial charge is 0.319 e. The van der Waals surface area contributed by atoms with E-state index in [1.807, 2.05) is 6.07 Å². The molecule has 0 spiro atoms. The monoisotopic (exact) mass is 843 g/mol. The zero-order chi connectivity index (χ0) is 41.5. The van der Waals surface area contributed by atoms with E-state index in [1.165, 1.54) is 12.4 Å². The molecule has 5 aliphatic rings. The van der Waals surface area contributed by atoms with Crippen LogP contribution in [-0.2, 0) is 21.4 Å². The maximum absolute atomic E-state index is 17.1. The van der Waals surface area contributed by atoms with Crippen LogP contribution >= 0.6 is 0 Å². The van der Waals surface area contributed by atoms with Gasteiger partial charge in [0.05, 0.1) is 34.1 Å². The summed E-state index contributed by atoms with van der Waals surface area (Å²) in [5.41, 5.74) is 1.04. The fourth-order valence-corrected chi connectivity index (χ4v) is 11.0. The molecule has 6 aromatic rings. The summed E-state index contributed by atoms with van der Waals surface area (Å²) in [6.45, 7) is 3.62. The highest BCUT2D eigenvalue weighted by atomic mass is 32.2. The van der Waals surface area contributed by atoms with Crippen LogP contribution in [0.3, 0.4) is 0 Å². The third-order valence-corrected chi connectivity index (χ3v) is 14.7. The molecule has 4 aliphatic heterocycles. The van der Waals surface area contributed by atoms with Crippen LogP contribution in [0.25, 0.3) is 32.9 Å². The van der Waals surface area contributed by atoms with Gasteiger partial charge in [0.1, 0.15) is 35.8 Å². The largest absolute Gasteiger partial charge is 0.461 e. The first-order chi connectivity index (χ1) is 29.7. The van der Waals surface area contributed by atoms with Crippen LogP contribution in [0.4, 0.5) is 14.6 Å². The van der Waals surface area contributed by atoms with Crippen molar-refractivity contribution < 1.29 is 26.7 Å². The SMILES string of the molecule is C#Cc1c(F)ccc2cccc(-c3ncc4c(N5C[C@H]6CC[C@@H](C5)N6)nc(OC[C@@]56CCCN5C[C@@H](OCc5ccc(S(=O)(=O)n7cnc(C8CC8)n7)cc5)C6)nc4c3F)c12. The summed E-state index contributed by atoms with van der Waals surface area (Å²) in [5, 5.41) is 9.43. The molecule has 5 fully saturated rings. The number of nitrogens with one attached hydrogen (secondary N) is 1. The van der Waals surface area contributed by atoms with Crippen LogP contribution in [0.2, 0.25) is 0 Å². The van der Waals surface area contributed by atoms with E-state index in [0.29, 0.717) is 78.1 Å². The fourth-order valence-electron chi connectivity index (χ4n) is 9.94. The molecular weight excluding hydrogens is 801 g/mol. The predicted octanol–water partition coefficient (Wildman–Crippen LogP) is 5.95. The lowest BCUT2D eigenvalue weighted by atomic mass is 9.94. The van der Waals surface area contributed by atoms with E-state index in [9.17, 15) is 12.8 Å². The molecule has 3 aromatic carbocycles. The molecule has 11 rings (SSSR count). The van der Waals surface area contributed by atoms with Gasteiger partial charge in [0, 0.05) is 54.8 Å². The summed E-state index contributed by atoms with van der Waals surface area (Å²) < 4.78 is 72.4. The number of piperazine rings is 1. The minimum Gasteiger partial charge on any atom is -0.461 e. The van der Waals surface area contributed by atoms with Gasteiger partial charge in [-0.05, 0) is 80.6 Å². The van der Waals surface area contributed by atoms with Crippen molar-refractivity contribution in [1.29, 1.82) is 0 Å². The van der Waals surface area contributed by atoms with Gasteiger partial charge in [0.25, 0.3) is 10.0 Å². The summed E-state index contributed by atoms with van der Waals surface area (Å²) >= 11 is 0. The van der Waals surface area contributed by atoms with Crippen molar-refractivity contribution >= 4 is 37.5 Å². The first kappa shape index (κ1) is 38.3. The number of ether oxygens (including phenoxy) is 2. The van der Waals surface area contributed by atoms with Gasteiger partial charge in [-0.2, -0.15) is 18.4 Å². The molecule has 3 aromatic heterocycles. The van der Waals surface area contributed by atoms with Gasteiger partial charge in [-0.3, -0.25) is 9.88 Å². The number of nitrogens with zero attached hydrogens (tertiary/aromatic N) is 8. The average Bonchev–Trinajstić information content (AvgIpc) is 3.53. The summed E-state index contributed by atoms with van der Waals surface area (Å²) in [5.74, 6) is 2.63. The highest BCUT2D eigenvalue weighted by molar-refractivity contribution is 7.89. The molecule has 1 saturated carbocycles. The van der Waals surface area contributed by atoms with E-state index in [0.717, 1.165) is 54.7 Å². The Morgan fingerprint density at radius 2 is 1.79 bits per heavy atom. The third-order valence-electron chi connectivity index (χ3n) is 13.2. The van der Waals surface area contributed by atoms with Crippen molar-refractivity contribution in [3.63, 3.8) is 0 Å². The van der Waals surface area contributed by atoms with E-state index < -0.39 is 21.7 Å². The Balaban J connectivity index is 0.848. The van der Waals surface area contributed by atoms with Crippen molar-refractivity contribution in [3.8, 4) is 29.6 Å². The average molecular weight is 844 g/mol. The second kappa shape index (κ2) is 14.8. The van der Waals surface area contributed by atoms with Crippen molar-refractivity contribution in [3.05, 3.63) is 95.7 Å². The lowest BCUT2D eigenvalue weighted by molar-refractivity contribution is 0.0440. The van der Waals surface area contributed by atoms with Crippen LogP contribution in [0.5, 0.6) is 6.01 Å². The Kier molecular flexibility index (Phi) is 9.30. The van der Waals surface area contributed by atoms with Gasteiger partial charge in [-0.15, -0.1) is 15.6 Å². The molecule has 0 amide bonds. The van der Waals surface area contributed by atoms with Crippen LogP contribution in [-0.4, -0.2) is 99.0 Å². The highest BCUT2D eigenvalue weighted by Crippen LogP contribution is 2.42.